The number of nitrogens with zero attached hydrogens (tertiary/aromatic N) is 5. The third-order valence-corrected chi connectivity index (χ3v) is 4.64. The third kappa shape index (κ3) is 2.46. The minimum absolute atomic E-state index is 0.0454. The molecule has 4 rings (SSSR count). The smallest absolute Gasteiger partial charge is 0.256 e. The molecule has 1 fully saturated rings. The van der Waals surface area contributed by atoms with Gasteiger partial charge in [0.1, 0.15) is 11.6 Å². The van der Waals surface area contributed by atoms with Gasteiger partial charge in [0.2, 0.25) is 0 Å². The Bertz CT molecular complexity index is 896. The first-order valence-electron chi connectivity index (χ1n) is 8.24. The van der Waals surface area contributed by atoms with Crippen LogP contribution in [0.4, 0.5) is 0 Å². The molecule has 1 N–H and O–H groups in total. The van der Waals surface area contributed by atoms with Gasteiger partial charge in [-0.25, -0.2) is 9.67 Å². The van der Waals surface area contributed by atoms with Crippen LogP contribution in [0.2, 0.25) is 0 Å². The number of hydrogen-bond donors (Lipinski definition) is 1. The summed E-state index contributed by atoms with van der Waals surface area (Å²) in [7, 11) is 0. The van der Waals surface area contributed by atoms with E-state index in [9.17, 15) is 4.79 Å². The number of carbonyl (C=O) groups excluding carboxylic acids is 1. The van der Waals surface area contributed by atoms with Gasteiger partial charge in [-0.3, -0.25) is 9.89 Å². The van der Waals surface area contributed by atoms with E-state index in [2.05, 4.69) is 20.3 Å². The number of piperidine rings is 1. The Hall–Kier alpha value is -2.70. The molecule has 3 heterocycles. The van der Waals surface area contributed by atoms with Gasteiger partial charge < -0.3 is 4.90 Å². The summed E-state index contributed by atoms with van der Waals surface area (Å²) in [6.45, 7) is 5.29. The van der Waals surface area contributed by atoms with E-state index in [0.29, 0.717) is 12.1 Å². The summed E-state index contributed by atoms with van der Waals surface area (Å²) in [5, 5.41) is 12.4. The van der Waals surface area contributed by atoms with E-state index in [1.807, 2.05) is 41.6 Å². The second kappa shape index (κ2) is 5.74. The molecule has 7 nitrogen and oxygen atoms in total. The number of likely N-dealkylation sites (tertiary alicyclic amines) is 1. The van der Waals surface area contributed by atoms with Crippen LogP contribution in [0.15, 0.2) is 24.4 Å². The van der Waals surface area contributed by atoms with E-state index >= 15 is 0 Å². The fourth-order valence-corrected chi connectivity index (χ4v) is 3.54. The lowest BCUT2D eigenvalue weighted by Gasteiger charge is -2.33. The minimum Gasteiger partial charge on any atom is -0.336 e. The van der Waals surface area contributed by atoms with Crippen LogP contribution in [0.1, 0.15) is 40.9 Å². The lowest BCUT2D eigenvalue weighted by atomic mass is 10.0. The third-order valence-electron chi connectivity index (χ3n) is 4.64. The predicted molar refractivity (Wildman–Crippen MR) is 89.8 cm³/mol. The molecule has 1 aromatic carbocycles. The number of fused-ring (bicyclic) bond motifs is 1. The number of carbonyl (C=O) groups is 1. The van der Waals surface area contributed by atoms with Crippen LogP contribution in [0, 0.1) is 13.8 Å². The minimum atomic E-state index is 0.0454. The molecule has 0 spiro atoms. The molecule has 7 heteroatoms. The number of aryl methyl sites for hydroxylation is 2. The Labute approximate surface area is 139 Å². The summed E-state index contributed by atoms with van der Waals surface area (Å²) in [6, 6.07) is 5.90. The zero-order chi connectivity index (χ0) is 16.7. The van der Waals surface area contributed by atoms with E-state index < -0.39 is 0 Å². The molecule has 1 amide bonds. The SMILES string of the molecule is Cc1nc(C)n([C@@H]2CCCN(C(=O)c3cccc4cn[nH]c34)C2)n1. The monoisotopic (exact) mass is 324 g/mol. The molecule has 1 atom stereocenters. The average molecular weight is 324 g/mol. The maximum atomic E-state index is 13.0. The normalized spacial score (nSPS) is 18.2. The molecule has 1 aliphatic rings. The molecule has 1 aliphatic heterocycles. The zero-order valence-electron chi connectivity index (χ0n) is 13.9. The zero-order valence-corrected chi connectivity index (χ0v) is 13.9. The maximum Gasteiger partial charge on any atom is 0.256 e. The van der Waals surface area contributed by atoms with Gasteiger partial charge in [-0.05, 0) is 32.8 Å². The highest BCUT2D eigenvalue weighted by Crippen LogP contribution is 2.25. The topological polar surface area (TPSA) is 79.7 Å². The summed E-state index contributed by atoms with van der Waals surface area (Å²) < 4.78 is 1.96. The van der Waals surface area contributed by atoms with Crippen molar-refractivity contribution in [3.63, 3.8) is 0 Å². The van der Waals surface area contributed by atoms with E-state index in [-0.39, 0.29) is 11.9 Å². The summed E-state index contributed by atoms with van der Waals surface area (Å²) in [4.78, 5) is 19.3. The van der Waals surface area contributed by atoms with Crippen LogP contribution in [0.25, 0.3) is 10.9 Å². The van der Waals surface area contributed by atoms with Crippen LogP contribution in [-0.2, 0) is 0 Å². The lowest BCUT2D eigenvalue weighted by molar-refractivity contribution is 0.0673. The Balaban J connectivity index is 1.61. The van der Waals surface area contributed by atoms with Gasteiger partial charge in [-0.2, -0.15) is 10.2 Å². The van der Waals surface area contributed by atoms with E-state index in [4.69, 9.17) is 0 Å². The van der Waals surface area contributed by atoms with E-state index in [0.717, 1.165) is 41.9 Å². The molecule has 3 aromatic rings. The standard InChI is InChI=1S/C17H20N6O/c1-11-19-12(2)23(21-11)14-6-4-8-22(10-14)17(24)15-7-3-5-13-9-18-20-16(13)15/h3,5,7,9,14H,4,6,8,10H2,1-2H3,(H,18,20)/t14-/m1/s1. The molecule has 124 valence electrons. The molecule has 0 unspecified atom stereocenters. The number of benzene rings is 1. The van der Waals surface area contributed by atoms with E-state index in [1.54, 1.807) is 6.20 Å². The molecule has 0 saturated carbocycles. The Morgan fingerprint density at radius 2 is 2.21 bits per heavy atom. The van der Waals surface area contributed by atoms with Crippen LogP contribution in [-0.4, -0.2) is 48.9 Å². The van der Waals surface area contributed by atoms with E-state index in [1.165, 1.54) is 0 Å². The van der Waals surface area contributed by atoms with Crippen molar-refractivity contribution in [2.75, 3.05) is 13.1 Å². The van der Waals surface area contributed by atoms with Crippen molar-refractivity contribution in [2.45, 2.75) is 32.7 Å². The first kappa shape index (κ1) is 14.9. The highest BCUT2D eigenvalue weighted by Gasteiger charge is 2.28. The van der Waals surface area contributed by atoms with Gasteiger partial charge in [-0.1, -0.05) is 12.1 Å². The molecule has 2 aromatic heterocycles. The van der Waals surface area contributed by atoms with Crippen molar-refractivity contribution in [3.8, 4) is 0 Å². The van der Waals surface area contributed by atoms with Gasteiger partial charge in [0.05, 0.1) is 23.3 Å². The van der Waals surface area contributed by atoms with Gasteiger partial charge in [0.15, 0.2) is 0 Å². The van der Waals surface area contributed by atoms with Crippen LogP contribution < -0.4 is 0 Å². The molecule has 24 heavy (non-hydrogen) atoms. The molecular weight excluding hydrogens is 304 g/mol. The number of aromatic amines is 1. The van der Waals surface area contributed by atoms with Gasteiger partial charge in [0, 0.05) is 18.5 Å². The predicted octanol–water partition coefficient (Wildman–Crippen LogP) is 2.25. The van der Waals surface area contributed by atoms with Gasteiger partial charge in [0.25, 0.3) is 5.91 Å². The van der Waals surface area contributed by atoms with Crippen LogP contribution in [0.5, 0.6) is 0 Å². The van der Waals surface area contributed by atoms with Crippen molar-refractivity contribution in [2.24, 2.45) is 0 Å². The maximum absolute atomic E-state index is 13.0. The summed E-state index contributed by atoms with van der Waals surface area (Å²) in [5.74, 6) is 1.73. The second-order valence-electron chi connectivity index (χ2n) is 6.34. The number of aromatic nitrogens is 5. The van der Waals surface area contributed by atoms with Gasteiger partial charge in [-0.15, -0.1) is 0 Å². The molecule has 1 saturated heterocycles. The first-order chi connectivity index (χ1) is 11.6. The lowest BCUT2D eigenvalue weighted by Crippen LogP contribution is -2.41. The van der Waals surface area contributed by atoms with Crippen molar-refractivity contribution in [1.82, 2.24) is 29.9 Å². The molecule has 0 bridgehead atoms. The van der Waals surface area contributed by atoms with Crippen molar-refractivity contribution < 1.29 is 4.79 Å². The largest absolute Gasteiger partial charge is 0.336 e. The number of hydrogen-bond acceptors (Lipinski definition) is 4. The number of nitrogens with one attached hydrogen (secondary N) is 1. The molecule has 0 aliphatic carbocycles. The molecule has 0 radical (unpaired) electrons. The highest BCUT2D eigenvalue weighted by atomic mass is 16.2. The summed E-state index contributed by atoms with van der Waals surface area (Å²) in [6.07, 6.45) is 3.72. The van der Waals surface area contributed by atoms with Gasteiger partial charge >= 0.3 is 0 Å². The Morgan fingerprint density at radius 1 is 1.33 bits per heavy atom. The van der Waals surface area contributed by atoms with Crippen molar-refractivity contribution in [1.29, 1.82) is 0 Å². The fraction of sp³-hybridized carbons (Fsp3) is 0.412. The summed E-state index contributed by atoms with van der Waals surface area (Å²) >= 11 is 0. The number of para-hydroxylation sites is 1. The fourth-order valence-electron chi connectivity index (χ4n) is 3.54. The number of rotatable bonds is 2. The number of amides is 1. The first-order valence-corrected chi connectivity index (χ1v) is 8.24. The van der Waals surface area contributed by atoms with Crippen LogP contribution >= 0.6 is 0 Å². The second-order valence-corrected chi connectivity index (χ2v) is 6.34. The summed E-state index contributed by atoms with van der Waals surface area (Å²) in [5.41, 5.74) is 1.48. The van der Waals surface area contributed by atoms with Crippen LogP contribution in [0.3, 0.4) is 0 Å². The number of H-pyrrole nitrogens is 1. The highest BCUT2D eigenvalue weighted by molar-refractivity contribution is 6.05. The quantitative estimate of drug-likeness (QED) is 0.784. The molecular formula is C17H20N6O. The van der Waals surface area contributed by atoms with Crippen molar-refractivity contribution in [3.05, 3.63) is 41.6 Å². The Kier molecular flexibility index (Phi) is 3.55. The van der Waals surface area contributed by atoms with Crippen molar-refractivity contribution >= 4 is 16.8 Å². The average Bonchev–Trinajstić information content (AvgIpc) is 3.20. The Morgan fingerprint density at radius 3 is 3.00 bits per heavy atom.